The summed E-state index contributed by atoms with van der Waals surface area (Å²) in [5, 5.41) is 10.6. The van der Waals surface area contributed by atoms with Gasteiger partial charge in [-0.15, -0.1) is 0 Å². The number of aromatic nitrogens is 2. The second kappa shape index (κ2) is 9.55. The number of hydrogen-bond donors (Lipinski definition) is 1. The molecule has 3 aromatic carbocycles. The van der Waals surface area contributed by atoms with Crippen LogP contribution in [0.5, 0.6) is 0 Å². The lowest BCUT2D eigenvalue weighted by Crippen LogP contribution is -2.49. The van der Waals surface area contributed by atoms with Gasteiger partial charge in [0.25, 0.3) is 0 Å². The molecule has 2 amide bonds. The smallest absolute Gasteiger partial charge is 0.321 e. The van der Waals surface area contributed by atoms with Crippen LogP contribution in [0.15, 0.2) is 77.4 Å². The number of hydrogen-bond acceptors (Lipinski definition) is 5. The van der Waals surface area contributed by atoms with Gasteiger partial charge in [0.2, 0.25) is 0 Å². The fraction of sp³-hybridized carbons (Fsp3) is 0.192. The van der Waals surface area contributed by atoms with Crippen LogP contribution in [0.4, 0.5) is 10.5 Å². The Kier molecular flexibility index (Phi) is 6.00. The van der Waals surface area contributed by atoms with Crippen LogP contribution in [-0.4, -0.2) is 52.3 Å². The van der Waals surface area contributed by atoms with E-state index < -0.39 is 0 Å². The number of carbonyl (C=O) groups excluding carboxylic acids is 1. The topological polar surface area (TPSA) is 74.5 Å². The van der Waals surface area contributed by atoms with E-state index in [-0.39, 0.29) is 6.03 Å². The maximum Gasteiger partial charge on any atom is 0.321 e. The molecule has 33 heavy (non-hydrogen) atoms. The van der Waals surface area contributed by atoms with E-state index in [1.54, 1.807) is 12.1 Å². The zero-order valence-corrected chi connectivity index (χ0v) is 18.1. The molecule has 0 saturated carbocycles. The van der Waals surface area contributed by atoms with Gasteiger partial charge in [-0.05, 0) is 52.3 Å². The van der Waals surface area contributed by atoms with Gasteiger partial charge in [0, 0.05) is 43.9 Å². The van der Waals surface area contributed by atoms with Crippen molar-refractivity contribution >= 4 is 22.8 Å². The first-order chi connectivity index (χ1) is 16.2. The molecular formula is C26H23N5O2. The fourth-order valence-corrected chi connectivity index (χ4v) is 3.88. The van der Waals surface area contributed by atoms with Crippen LogP contribution >= 0.6 is 0 Å². The molecule has 0 unspecified atom stereocenters. The van der Waals surface area contributed by atoms with Gasteiger partial charge in [-0.1, -0.05) is 48.2 Å². The zero-order chi connectivity index (χ0) is 22.5. The molecule has 1 aliphatic rings. The first kappa shape index (κ1) is 20.7. The van der Waals surface area contributed by atoms with Crippen molar-refractivity contribution in [1.29, 1.82) is 0 Å². The Bertz CT molecular complexity index is 1310. The van der Waals surface area contributed by atoms with Crippen molar-refractivity contribution in [2.45, 2.75) is 6.54 Å². The van der Waals surface area contributed by atoms with Crippen LogP contribution in [0.3, 0.4) is 0 Å². The predicted molar refractivity (Wildman–Crippen MR) is 127 cm³/mol. The summed E-state index contributed by atoms with van der Waals surface area (Å²) in [7, 11) is 0. The third-order valence-corrected chi connectivity index (χ3v) is 5.65. The molecule has 7 heteroatoms. The van der Waals surface area contributed by atoms with E-state index in [1.807, 2.05) is 53.4 Å². The molecule has 7 nitrogen and oxygen atoms in total. The summed E-state index contributed by atoms with van der Waals surface area (Å²) in [6.07, 6.45) is 0. The lowest BCUT2D eigenvalue weighted by molar-refractivity contribution is 0.143. The van der Waals surface area contributed by atoms with Gasteiger partial charge in [-0.25, -0.2) is 9.42 Å². The SMILES string of the molecule is O=C(Nc1cccc2nonc12)N1CCN(Cc2cccc(C#Cc3ccccc3)c2)CC1. The average molecular weight is 438 g/mol. The maximum atomic E-state index is 12.7. The minimum atomic E-state index is -0.136. The van der Waals surface area contributed by atoms with Crippen molar-refractivity contribution in [3.05, 3.63) is 89.5 Å². The van der Waals surface area contributed by atoms with Gasteiger partial charge in [-0.2, -0.15) is 0 Å². The highest BCUT2D eigenvalue weighted by Gasteiger charge is 2.22. The number of urea groups is 1. The van der Waals surface area contributed by atoms with Crippen LogP contribution in [0, 0.1) is 11.8 Å². The van der Waals surface area contributed by atoms with Crippen molar-refractivity contribution in [2.75, 3.05) is 31.5 Å². The quantitative estimate of drug-likeness (QED) is 0.491. The number of carbonyl (C=O) groups is 1. The summed E-state index contributed by atoms with van der Waals surface area (Å²) in [4.78, 5) is 16.9. The standard InChI is InChI=1S/C26H23N5O2/c32-26(27-23-10-5-11-24-25(23)29-33-28-24)31-16-14-30(15-17-31)19-22-9-4-8-21(18-22)13-12-20-6-2-1-3-7-20/h1-11,18H,14-17,19H2,(H,27,32). The first-order valence-electron chi connectivity index (χ1n) is 10.9. The van der Waals surface area contributed by atoms with Crippen LogP contribution in [0.1, 0.15) is 16.7 Å². The third-order valence-electron chi connectivity index (χ3n) is 5.65. The number of amides is 2. The Morgan fingerprint density at radius 3 is 2.48 bits per heavy atom. The molecule has 0 bridgehead atoms. The molecule has 4 aromatic rings. The van der Waals surface area contributed by atoms with E-state index in [4.69, 9.17) is 4.63 Å². The van der Waals surface area contributed by atoms with E-state index in [9.17, 15) is 4.79 Å². The number of anilines is 1. The van der Waals surface area contributed by atoms with Crippen LogP contribution in [-0.2, 0) is 6.54 Å². The van der Waals surface area contributed by atoms with E-state index in [1.165, 1.54) is 5.56 Å². The molecule has 2 heterocycles. The van der Waals surface area contributed by atoms with E-state index in [0.717, 1.165) is 30.8 Å². The Balaban J connectivity index is 1.16. The highest BCUT2D eigenvalue weighted by atomic mass is 16.6. The van der Waals surface area contributed by atoms with Crippen LogP contribution in [0.25, 0.3) is 11.0 Å². The van der Waals surface area contributed by atoms with Gasteiger partial charge in [0.15, 0.2) is 5.52 Å². The zero-order valence-electron chi connectivity index (χ0n) is 18.1. The summed E-state index contributed by atoms with van der Waals surface area (Å²) in [6.45, 7) is 3.77. The Hall–Kier alpha value is -4.15. The molecular weight excluding hydrogens is 414 g/mol. The van der Waals surface area contributed by atoms with Gasteiger partial charge in [0.1, 0.15) is 5.52 Å². The number of fused-ring (bicyclic) bond motifs is 1. The molecule has 164 valence electrons. The fourth-order valence-electron chi connectivity index (χ4n) is 3.88. The lowest BCUT2D eigenvalue weighted by atomic mass is 10.1. The summed E-state index contributed by atoms with van der Waals surface area (Å²) in [5.74, 6) is 6.46. The molecule has 0 atom stereocenters. The molecule has 1 saturated heterocycles. The molecule has 5 rings (SSSR count). The number of benzene rings is 3. The van der Waals surface area contributed by atoms with Crippen molar-refractivity contribution in [3.8, 4) is 11.8 Å². The van der Waals surface area contributed by atoms with Crippen LogP contribution < -0.4 is 5.32 Å². The van der Waals surface area contributed by atoms with Crippen molar-refractivity contribution in [2.24, 2.45) is 0 Å². The van der Waals surface area contributed by atoms with E-state index >= 15 is 0 Å². The molecule has 1 aromatic heterocycles. The minimum absolute atomic E-state index is 0.136. The number of rotatable bonds is 3. The highest BCUT2D eigenvalue weighted by Crippen LogP contribution is 2.20. The molecule has 0 spiro atoms. The molecule has 1 aliphatic heterocycles. The van der Waals surface area contributed by atoms with Gasteiger partial charge in [0.05, 0.1) is 5.69 Å². The lowest BCUT2D eigenvalue weighted by Gasteiger charge is -2.34. The van der Waals surface area contributed by atoms with Crippen LogP contribution in [0.2, 0.25) is 0 Å². The van der Waals surface area contributed by atoms with E-state index in [2.05, 4.69) is 44.5 Å². The van der Waals surface area contributed by atoms with Crippen molar-refractivity contribution < 1.29 is 9.42 Å². The summed E-state index contributed by atoms with van der Waals surface area (Å²) < 4.78 is 4.77. The van der Waals surface area contributed by atoms with Gasteiger partial charge in [-0.3, -0.25) is 4.90 Å². The maximum absolute atomic E-state index is 12.7. The molecule has 0 radical (unpaired) electrons. The van der Waals surface area contributed by atoms with Crippen molar-refractivity contribution in [1.82, 2.24) is 20.1 Å². The number of nitrogens with zero attached hydrogens (tertiary/aromatic N) is 4. The summed E-state index contributed by atoms with van der Waals surface area (Å²) in [5.41, 5.74) is 5.01. The second-order valence-electron chi connectivity index (χ2n) is 7.95. The molecule has 1 N–H and O–H groups in total. The largest absolute Gasteiger partial charge is 0.322 e. The predicted octanol–water partition coefficient (Wildman–Crippen LogP) is 3.97. The molecule has 0 aliphatic carbocycles. The third kappa shape index (κ3) is 5.03. The van der Waals surface area contributed by atoms with Crippen molar-refractivity contribution in [3.63, 3.8) is 0 Å². The normalized spacial score (nSPS) is 14.0. The Labute approximate surface area is 192 Å². The van der Waals surface area contributed by atoms with Gasteiger partial charge < -0.3 is 10.2 Å². The highest BCUT2D eigenvalue weighted by molar-refractivity contribution is 5.98. The first-order valence-corrected chi connectivity index (χ1v) is 10.9. The average Bonchev–Trinajstić information content (AvgIpc) is 3.34. The number of nitrogens with one attached hydrogen (secondary N) is 1. The Morgan fingerprint density at radius 1 is 0.879 bits per heavy atom. The van der Waals surface area contributed by atoms with Gasteiger partial charge >= 0.3 is 6.03 Å². The second-order valence-corrected chi connectivity index (χ2v) is 7.95. The number of piperazine rings is 1. The summed E-state index contributed by atoms with van der Waals surface area (Å²) in [6, 6.07) is 23.6. The molecule has 1 fully saturated rings. The Morgan fingerprint density at radius 2 is 1.64 bits per heavy atom. The minimum Gasteiger partial charge on any atom is -0.322 e. The van der Waals surface area contributed by atoms with E-state index in [0.29, 0.717) is 29.8 Å². The summed E-state index contributed by atoms with van der Waals surface area (Å²) >= 11 is 0. The monoisotopic (exact) mass is 437 g/mol.